The average molecular weight is 90.0 g/mol. The van der Waals surface area contributed by atoms with Gasteiger partial charge in [0.05, 0.1) is 0 Å². The normalized spacial score (nSPS) is 7.20. The summed E-state index contributed by atoms with van der Waals surface area (Å²) in [6.07, 6.45) is 0. The summed E-state index contributed by atoms with van der Waals surface area (Å²) < 4.78 is 29.0. The molecule has 0 radical (unpaired) electrons. The zero-order valence-electron chi connectivity index (χ0n) is 2.12. The predicted molar refractivity (Wildman–Crippen MR) is 9.62 cm³/mol. The monoisotopic (exact) mass is 90.0 g/mol. The first-order valence-electron chi connectivity index (χ1n) is 0.655. The summed E-state index contributed by atoms with van der Waals surface area (Å²) in [5.74, 6) is 0. The summed E-state index contributed by atoms with van der Waals surface area (Å²) in [5, 5.41) is 0. The summed E-state index contributed by atoms with van der Waals surface area (Å²) in [6.45, 7) is -3.67. The molecule has 0 aliphatic carbocycles. The molecule has 4 heteroatoms. The van der Waals surface area contributed by atoms with Crippen LogP contribution in [0.15, 0.2) is 0 Å². The Kier molecular flexibility index (Phi) is 6.57. The Morgan fingerprint density at radius 2 is 1.00 bits per heavy atom. The SMILES string of the molecule is F.FC(F)F. The molecule has 0 nitrogen and oxygen atoms in total. The molecular weight excluding hydrogens is 88.0 g/mol. The fourth-order valence-electron chi connectivity index (χ4n) is 0. The summed E-state index contributed by atoms with van der Waals surface area (Å²) >= 11 is 0. The van der Waals surface area contributed by atoms with Gasteiger partial charge in [-0.05, 0) is 0 Å². The van der Waals surface area contributed by atoms with Crippen LogP contribution in [-0.4, -0.2) is 6.68 Å². The van der Waals surface area contributed by atoms with E-state index in [4.69, 9.17) is 0 Å². The first-order valence-corrected chi connectivity index (χ1v) is 0.655. The molecule has 0 fully saturated rings. The van der Waals surface area contributed by atoms with Crippen LogP contribution in [0.5, 0.6) is 0 Å². The summed E-state index contributed by atoms with van der Waals surface area (Å²) in [5.41, 5.74) is 0. The van der Waals surface area contributed by atoms with Gasteiger partial charge in [-0.15, -0.1) is 0 Å². The second-order valence-corrected chi connectivity index (χ2v) is 0.247. The van der Waals surface area contributed by atoms with Crippen LogP contribution in [0.1, 0.15) is 0 Å². The number of hydrogen-bond donors (Lipinski definition) is 0. The molecule has 0 aromatic heterocycles. The van der Waals surface area contributed by atoms with Crippen LogP contribution in [0, 0.1) is 0 Å². The van der Waals surface area contributed by atoms with Gasteiger partial charge in [-0.3, -0.25) is 4.70 Å². The van der Waals surface area contributed by atoms with Crippen molar-refractivity contribution >= 4 is 0 Å². The summed E-state index contributed by atoms with van der Waals surface area (Å²) in [6, 6.07) is 0. The Labute approximate surface area is 26.0 Å². The summed E-state index contributed by atoms with van der Waals surface area (Å²) in [4.78, 5) is 0. The Morgan fingerprint density at radius 3 is 1.00 bits per heavy atom. The quantitative estimate of drug-likeness (QED) is 0.393. The highest BCUT2D eigenvalue weighted by Gasteiger charge is 1.86. The van der Waals surface area contributed by atoms with Crippen LogP contribution in [0.3, 0.4) is 0 Å². The lowest BCUT2D eigenvalue weighted by molar-refractivity contribution is 0.00819. The minimum Gasteiger partial charge on any atom is -0.269 e. The van der Waals surface area contributed by atoms with Gasteiger partial charge in [0.25, 0.3) is 0 Å². The molecule has 5 heavy (non-hydrogen) atoms. The lowest BCUT2D eigenvalue weighted by Gasteiger charge is -1.65. The van der Waals surface area contributed by atoms with Gasteiger partial charge in [0.2, 0.25) is 0 Å². The van der Waals surface area contributed by atoms with E-state index >= 15 is 0 Å². The van der Waals surface area contributed by atoms with Crippen molar-refractivity contribution in [3.05, 3.63) is 0 Å². The van der Waals surface area contributed by atoms with E-state index in [9.17, 15) is 13.2 Å². The van der Waals surface area contributed by atoms with Crippen molar-refractivity contribution in [1.29, 1.82) is 0 Å². The molecule has 0 aromatic carbocycles. The van der Waals surface area contributed by atoms with Crippen LogP contribution in [-0.2, 0) is 0 Å². The average Bonchev–Trinajstić information content (AvgIpc) is 0.811. The largest absolute Gasteiger partial charge is 0.379 e. The Bertz CT molecular complexity index is 8.36. The fourth-order valence-corrected chi connectivity index (χ4v) is 0. The van der Waals surface area contributed by atoms with E-state index in [2.05, 4.69) is 0 Å². The van der Waals surface area contributed by atoms with Crippen LogP contribution >= 0.6 is 0 Å². The molecule has 0 aliphatic rings. The molecule has 0 saturated heterocycles. The van der Waals surface area contributed by atoms with E-state index in [1.54, 1.807) is 0 Å². The number of rotatable bonds is 0. The molecule has 0 N–H and O–H groups in total. The molecule has 0 amide bonds. The van der Waals surface area contributed by atoms with E-state index in [-0.39, 0.29) is 4.70 Å². The van der Waals surface area contributed by atoms with Gasteiger partial charge in [-0.25, -0.2) is 0 Å². The highest BCUT2D eigenvalue weighted by molar-refractivity contribution is 3.83. The minimum absolute atomic E-state index is 0. The van der Waals surface area contributed by atoms with Crippen molar-refractivity contribution in [1.82, 2.24) is 0 Å². The van der Waals surface area contributed by atoms with Crippen LogP contribution in [0.4, 0.5) is 17.9 Å². The maximum absolute atomic E-state index is 9.67. The van der Waals surface area contributed by atoms with E-state index in [1.807, 2.05) is 0 Å². The lowest BCUT2D eigenvalue weighted by atomic mass is 11.6. The first-order chi connectivity index (χ1) is 1.73. The van der Waals surface area contributed by atoms with Crippen molar-refractivity contribution in [2.24, 2.45) is 0 Å². The van der Waals surface area contributed by atoms with Gasteiger partial charge in [-0.2, -0.15) is 13.2 Å². The standard InChI is InChI=1S/CHF3.FH/c2-1(3)4;/h1H;1H. The molecule has 0 unspecified atom stereocenters. The third kappa shape index (κ3) is 140. The number of hydrogen-bond acceptors (Lipinski definition) is 0. The molecule has 0 atom stereocenters. The summed E-state index contributed by atoms with van der Waals surface area (Å²) in [7, 11) is 0. The van der Waals surface area contributed by atoms with Gasteiger partial charge in [0.1, 0.15) is 0 Å². The maximum atomic E-state index is 9.67. The minimum atomic E-state index is -3.67. The second-order valence-electron chi connectivity index (χ2n) is 0.247. The highest BCUT2D eigenvalue weighted by atomic mass is 19.4. The van der Waals surface area contributed by atoms with Gasteiger partial charge in [0, 0.05) is 0 Å². The fraction of sp³-hybridized carbons (Fsp3) is 1.00. The Hall–Kier alpha value is -0.280. The Morgan fingerprint density at radius 1 is 1.00 bits per heavy atom. The third-order valence-corrected chi connectivity index (χ3v) is 0. The molecule has 0 rings (SSSR count). The smallest absolute Gasteiger partial charge is 0.269 e. The van der Waals surface area contributed by atoms with Crippen LogP contribution < -0.4 is 0 Å². The molecule has 0 aromatic rings. The van der Waals surface area contributed by atoms with Crippen LogP contribution in [0.2, 0.25) is 0 Å². The molecule has 0 heterocycles. The topological polar surface area (TPSA) is 0 Å². The van der Waals surface area contributed by atoms with Crippen molar-refractivity contribution in [2.75, 3.05) is 0 Å². The highest BCUT2D eigenvalue weighted by Crippen LogP contribution is 1.87. The molecule has 0 aliphatic heterocycles. The maximum Gasteiger partial charge on any atom is 0.379 e. The Balaban J connectivity index is 0. The van der Waals surface area contributed by atoms with Crippen molar-refractivity contribution in [3.63, 3.8) is 0 Å². The molecular formula is CH2F4. The predicted octanol–water partition coefficient (Wildman–Crippen LogP) is 1.33. The van der Waals surface area contributed by atoms with Crippen LogP contribution in [0.25, 0.3) is 0 Å². The van der Waals surface area contributed by atoms with Crippen molar-refractivity contribution in [3.8, 4) is 0 Å². The lowest BCUT2D eigenvalue weighted by Crippen LogP contribution is -1.65. The van der Waals surface area contributed by atoms with E-state index < -0.39 is 6.68 Å². The second kappa shape index (κ2) is 3.72. The molecule has 0 saturated carbocycles. The van der Waals surface area contributed by atoms with Gasteiger partial charge < -0.3 is 0 Å². The van der Waals surface area contributed by atoms with Crippen molar-refractivity contribution < 1.29 is 17.9 Å². The molecule has 0 bridgehead atoms. The number of alkyl halides is 3. The zero-order valence-corrected chi connectivity index (χ0v) is 2.12. The van der Waals surface area contributed by atoms with E-state index in [1.165, 1.54) is 0 Å². The molecule has 0 spiro atoms. The third-order valence-electron chi connectivity index (χ3n) is 0. The first kappa shape index (κ1) is 8.83. The van der Waals surface area contributed by atoms with Gasteiger partial charge in [-0.1, -0.05) is 0 Å². The van der Waals surface area contributed by atoms with E-state index in [0.717, 1.165) is 0 Å². The van der Waals surface area contributed by atoms with Crippen molar-refractivity contribution in [2.45, 2.75) is 6.68 Å². The molecule has 34 valence electrons. The van der Waals surface area contributed by atoms with E-state index in [0.29, 0.717) is 0 Å². The van der Waals surface area contributed by atoms with Gasteiger partial charge >= 0.3 is 6.68 Å². The van der Waals surface area contributed by atoms with Gasteiger partial charge in [0.15, 0.2) is 0 Å². The number of halogens is 4. The zero-order chi connectivity index (χ0) is 3.58.